The van der Waals surface area contributed by atoms with Gasteiger partial charge in [-0.25, -0.2) is 4.68 Å². The minimum atomic E-state index is 0.485. The molecular formula is C18H23N3O. The van der Waals surface area contributed by atoms with Crippen LogP contribution in [0, 0.1) is 12.8 Å². The maximum Gasteiger partial charge on any atom is 0.172 e. The predicted octanol–water partition coefficient (Wildman–Crippen LogP) is 3.90. The summed E-state index contributed by atoms with van der Waals surface area (Å²) in [5, 5.41) is 8.28. The van der Waals surface area contributed by atoms with Crippen molar-refractivity contribution in [1.82, 2.24) is 15.0 Å². The van der Waals surface area contributed by atoms with Gasteiger partial charge in [-0.2, -0.15) is 0 Å². The van der Waals surface area contributed by atoms with E-state index < -0.39 is 0 Å². The fraction of sp³-hybridized carbons (Fsp3) is 0.500. The molecule has 4 heteroatoms. The van der Waals surface area contributed by atoms with Crippen LogP contribution in [-0.4, -0.2) is 21.3 Å². The summed E-state index contributed by atoms with van der Waals surface area (Å²) >= 11 is 0. The zero-order chi connectivity index (χ0) is 15.4. The summed E-state index contributed by atoms with van der Waals surface area (Å²) in [4.78, 5) is 11.3. The predicted molar refractivity (Wildman–Crippen MR) is 86.4 cm³/mol. The Kier molecular flexibility index (Phi) is 4.66. The average Bonchev–Trinajstić information content (AvgIpc) is 2.97. The second-order valence-electron chi connectivity index (χ2n) is 6.28. The number of hydrogen-bond donors (Lipinski definition) is 0. The first-order valence-corrected chi connectivity index (χ1v) is 8.25. The quantitative estimate of drug-likeness (QED) is 0.786. The monoisotopic (exact) mass is 297 g/mol. The highest BCUT2D eigenvalue weighted by atomic mass is 16.1. The number of hydrogen-bond acceptors (Lipinski definition) is 3. The van der Waals surface area contributed by atoms with Crippen molar-refractivity contribution in [3.8, 4) is 5.69 Å². The highest BCUT2D eigenvalue weighted by Crippen LogP contribution is 2.28. The molecule has 22 heavy (non-hydrogen) atoms. The van der Waals surface area contributed by atoms with E-state index in [-0.39, 0.29) is 0 Å². The van der Waals surface area contributed by atoms with Crippen LogP contribution in [0.15, 0.2) is 24.3 Å². The van der Waals surface area contributed by atoms with Crippen LogP contribution in [0.3, 0.4) is 0 Å². The number of aryl methyl sites for hydroxylation is 1. The van der Waals surface area contributed by atoms with Crippen LogP contribution in [0.2, 0.25) is 0 Å². The van der Waals surface area contributed by atoms with E-state index in [2.05, 4.69) is 23.3 Å². The summed E-state index contributed by atoms with van der Waals surface area (Å²) in [6.45, 7) is 2.06. The fourth-order valence-corrected chi connectivity index (χ4v) is 3.45. The highest BCUT2D eigenvalue weighted by Gasteiger charge is 2.18. The van der Waals surface area contributed by atoms with E-state index in [1.165, 1.54) is 32.1 Å². The van der Waals surface area contributed by atoms with Crippen molar-refractivity contribution in [2.45, 2.75) is 51.9 Å². The fourth-order valence-electron chi connectivity index (χ4n) is 3.45. The van der Waals surface area contributed by atoms with E-state index in [0.29, 0.717) is 5.69 Å². The van der Waals surface area contributed by atoms with E-state index in [9.17, 15) is 4.79 Å². The van der Waals surface area contributed by atoms with E-state index in [4.69, 9.17) is 0 Å². The molecule has 4 nitrogen and oxygen atoms in total. The van der Waals surface area contributed by atoms with Gasteiger partial charge in [0.2, 0.25) is 0 Å². The first-order valence-electron chi connectivity index (χ1n) is 8.25. The van der Waals surface area contributed by atoms with Gasteiger partial charge in [-0.1, -0.05) is 55.5 Å². The van der Waals surface area contributed by atoms with Crippen molar-refractivity contribution in [3.05, 3.63) is 41.2 Å². The summed E-state index contributed by atoms with van der Waals surface area (Å²) in [5.74, 6) is 0.786. The standard InChI is InChI=1S/C18H23N3O/c1-14-7-5-6-10-17(14)21-18(16(13-22)19-20-21)12-11-15-8-3-2-4-9-15/h5-7,10,13,15H,2-4,8-9,11-12H2,1H3. The Morgan fingerprint density at radius 2 is 2.00 bits per heavy atom. The van der Waals surface area contributed by atoms with Crippen LogP contribution in [-0.2, 0) is 6.42 Å². The first kappa shape index (κ1) is 14.9. The summed E-state index contributed by atoms with van der Waals surface area (Å²) in [6.07, 6.45) is 9.54. The molecule has 0 amide bonds. The van der Waals surface area contributed by atoms with Gasteiger partial charge in [0.1, 0.15) is 5.69 Å². The largest absolute Gasteiger partial charge is 0.296 e. The van der Waals surface area contributed by atoms with Crippen LogP contribution in [0.5, 0.6) is 0 Å². The van der Waals surface area contributed by atoms with Gasteiger partial charge in [-0.15, -0.1) is 5.10 Å². The van der Waals surface area contributed by atoms with Gasteiger partial charge in [0.15, 0.2) is 6.29 Å². The summed E-state index contributed by atoms with van der Waals surface area (Å²) in [7, 11) is 0. The molecule has 0 unspecified atom stereocenters. The highest BCUT2D eigenvalue weighted by molar-refractivity contribution is 5.73. The minimum absolute atomic E-state index is 0.485. The third kappa shape index (κ3) is 3.11. The molecule has 0 atom stereocenters. The van der Waals surface area contributed by atoms with E-state index in [1.54, 1.807) is 0 Å². The topological polar surface area (TPSA) is 47.8 Å². The number of carbonyl (C=O) groups is 1. The second kappa shape index (κ2) is 6.86. The van der Waals surface area contributed by atoms with Crippen molar-refractivity contribution in [2.24, 2.45) is 5.92 Å². The smallest absolute Gasteiger partial charge is 0.172 e. The van der Waals surface area contributed by atoms with Gasteiger partial charge < -0.3 is 0 Å². The Hall–Kier alpha value is -1.97. The van der Waals surface area contributed by atoms with Crippen LogP contribution in [0.25, 0.3) is 5.69 Å². The van der Waals surface area contributed by atoms with Gasteiger partial charge >= 0.3 is 0 Å². The van der Waals surface area contributed by atoms with E-state index >= 15 is 0 Å². The number of benzene rings is 1. The molecule has 0 N–H and O–H groups in total. The van der Waals surface area contributed by atoms with Crippen molar-refractivity contribution >= 4 is 6.29 Å². The van der Waals surface area contributed by atoms with Crippen molar-refractivity contribution in [1.29, 1.82) is 0 Å². The molecule has 0 aliphatic heterocycles. The maximum absolute atomic E-state index is 11.3. The molecule has 116 valence electrons. The van der Waals surface area contributed by atoms with Crippen LogP contribution >= 0.6 is 0 Å². The maximum atomic E-state index is 11.3. The molecule has 1 aliphatic carbocycles. The molecule has 0 radical (unpaired) electrons. The lowest BCUT2D eigenvalue weighted by molar-refractivity contribution is 0.111. The number of aromatic nitrogens is 3. The zero-order valence-electron chi connectivity index (χ0n) is 13.2. The van der Waals surface area contributed by atoms with Crippen LogP contribution in [0.4, 0.5) is 0 Å². The Morgan fingerprint density at radius 1 is 1.23 bits per heavy atom. The molecule has 0 spiro atoms. The molecule has 2 aromatic rings. The van der Waals surface area contributed by atoms with E-state index in [0.717, 1.165) is 42.0 Å². The summed E-state index contributed by atoms with van der Waals surface area (Å²) in [5.41, 5.74) is 3.60. The molecule has 1 aromatic heterocycles. The third-order valence-electron chi connectivity index (χ3n) is 4.76. The number of nitrogens with zero attached hydrogens (tertiary/aromatic N) is 3. The minimum Gasteiger partial charge on any atom is -0.296 e. The summed E-state index contributed by atoms with van der Waals surface area (Å²) < 4.78 is 1.85. The lowest BCUT2D eigenvalue weighted by Gasteiger charge is -2.21. The van der Waals surface area contributed by atoms with Gasteiger partial charge in [0, 0.05) is 0 Å². The molecule has 1 fully saturated rings. The summed E-state index contributed by atoms with van der Waals surface area (Å²) in [6, 6.07) is 8.10. The van der Waals surface area contributed by atoms with Crippen molar-refractivity contribution < 1.29 is 4.79 Å². The lowest BCUT2D eigenvalue weighted by atomic mass is 9.85. The Bertz CT molecular complexity index is 642. The third-order valence-corrected chi connectivity index (χ3v) is 4.76. The Morgan fingerprint density at radius 3 is 2.73 bits per heavy atom. The van der Waals surface area contributed by atoms with E-state index in [1.807, 2.05) is 22.9 Å². The van der Waals surface area contributed by atoms with Gasteiger partial charge in [0.05, 0.1) is 11.4 Å². The van der Waals surface area contributed by atoms with Gasteiger partial charge in [0.25, 0.3) is 0 Å². The Labute approximate surface area is 131 Å². The molecule has 1 saturated carbocycles. The Balaban J connectivity index is 1.84. The molecular weight excluding hydrogens is 274 g/mol. The molecule has 3 rings (SSSR count). The number of para-hydroxylation sites is 1. The average molecular weight is 297 g/mol. The normalized spacial score (nSPS) is 15.9. The van der Waals surface area contributed by atoms with Gasteiger partial charge in [-0.05, 0) is 37.3 Å². The number of rotatable bonds is 5. The number of carbonyl (C=O) groups excluding carboxylic acids is 1. The first-order chi connectivity index (χ1) is 10.8. The molecule has 1 heterocycles. The lowest BCUT2D eigenvalue weighted by Crippen LogP contribution is -2.11. The molecule has 1 aromatic carbocycles. The van der Waals surface area contributed by atoms with Crippen molar-refractivity contribution in [2.75, 3.05) is 0 Å². The number of aldehydes is 1. The SMILES string of the molecule is Cc1ccccc1-n1nnc(C=O)c1CCC1CCCCC1. The molecule has 0 saturated heterocycles. The molecule has 0 bridgehead atoms. The second-order valence-corrected chi connectivity index (χ2v) is 6.28. The van der Waals surface area contributed by atoms with Gasteiger partial charge in [-0.3, -0.25) is 4.79 Å². The van der Waals surface area contributed by atoms with Crippen molar-refractivity contribution in [3.63, 3.8) is 0 Å². The van der Waals surface area contributed by atoms with Crippen LogP contribution < -0.4 is 0 Å². The zero-order valence-corrected chi connectivity index (χ0v) is 13.2. The molecule has 1 aliphatic rings. The van der Waals surface area contributed by atoms with Crippen LogP contribution in [0.1, 0.15) is 60.3 Å².